The van der Waals surface area contributed by atoms with Crippen molar-refractivity contribution in [3.8, 4) is 0 Å². The third kappa shape index (κ3) is 11.1. The maximum Gasteiger partial charge on any atom is 0.410 e. The molecule has 4 atom stereocenters. The molecule has 0 bridgehead atoms. The Hall–Kier alpha value is -4.98. The quantitative estimate of drug-likeness (QED) is 0.117. The zero-order chi connectivity index (χ0) is 39.3. The number of piperidine rings is 1. The lowest BCUT2D eigenvalue weighted by molar-refractivity contribution is -0.140. The minimum Gasteiger partial charge on any atom is -0.445 e. The number of rotatable bonds is 16. The van der Waals surface area contributed by atoms with Crippen LogP contribution in [0.25, 0.3) is 11.1 Å². The number of carbonyl (C=O) groups excluding carboxylic acids is 5. The molecule has 0 radical (unpaired) electrons. The zero-order valence-corrected chi connectivity index (χ0v) is 32.2. The van der Waals surface area contributed by atoms with Crippen molar-refractivity contribution in [3.63, 3.8) is 0 Å². The lowest BCUT2D eigenvalue weighted by Gasteiger charge is -2.30. The maximum atomic E-state index is 14.6. The van der Waals surface area contributed by atoms with Crippen LogP contribution in [0.3, 0.4) is 0 Å². The van der Waals surface area contributed by atoms with E-state index in [-0.39, 0.29) is 31.9 Å². The number of nitrogens with one attached hydrogen (secondary N) is 2. The average molecular weight is 773 g/mol. The molecular formula is C42H56N6O8. The highest BCUT2D eigenvalue weighted by Gasteiger charge is 2.45. The molecule has 2 aliphatic heterocycles. The zero-order valence-electron chi connectivity index (χ0n) is 32.2. The minimum absolute atomic E-state index is 0.0253. The van der Waals surface area contributed by atoms with Crippen LogP contribution in [0.2, 0.25) is 0 Å². The Kier molecular flexibility index (Phi) is 14.7. The van der Waals surface area contributed by atoms with E-state index < -0.39 is 54.0 Å². The number of ether oxygens (including phenoxy) is 2. The highest BCUT2D eigenvalue weighted by atomic mass is 16.6. The summed E-state index contributed by atoms with van der Waals surface area (Å²) in [5.41, 5.74) is 7.53. The molecule has 302 valence electrons. The molecular weight excluding hydrogens is 716 g/mol. The lowest BCUT2D eigenvalue weighted by atomic mass is 9.85. The van der Waals surface area contributed by atoms with Gasteiger partial charge in [-0.2, -0.15) is 0 Å². The first-order valence-corrected chi connectivity index (χ1v) is 20.4. The van der Waals surface area contributed by atoms with Crippen LogP contribution in [-0.2, 0) is 25.7 Å². The number of fused-ring (bicyclic) bond motifs is 1. The van der Waals surface area contributed by atoms with Gasteiger partial charge in [0, 0.05) is 19.5 Å². The Bertz CT molecular complexity index is 1740. The van der Waals surface area contributed by atoms with Crippen LogP contribution in [0.1, 0.15) is 106 Å². The van der Waals surface area contributed by atoms with E-state index in [9.17, 15) is 24.0 Å². The van der Waals surface area contributed by atoms with Crippen LogP contribution in [0.4, 0.5) is 9.59 Å². The molecule has 0 unspecified atom stereocenters. The number of oxazole rings is 1. The minimum atomic E-state index is -1.09. The number of carbonyl (C=O) groups is 5. The lowest BCUT2D eigenvalue weighted by Crippen LogP contribution is -2.55. The number of para-hydroxylation sites is 2. The molecule has 56 heavy (non-hydrogen) atoms. The van der Waals surface area contributed by atoms with Crippen LogP contribution >= 0.6 is 0 Å². The van der Waals surface area contributed by atoms with Gasteiger partial charge >= 0.3 is 12.2 Å². The first kappa shape index (κ1) is 40.7. The second-order valence-corrected chi connectivity index (χ2v) is 15.3. The van der Waals surface area contributed by atoms with Crippen LogP contribution in [0.15, 0.2) is 59.0 Å². The number of hydrogen-bond donors (Lipinski definition) is 3. The molecule has 14 heteroatoms. The van der Waals surface area contributed by atoms with Crippen molar-refractivity contribution in [1.82, 2.24) is 25.4 Å². The number of ketones is 1. The largest absolute Gasteiger partial charge is 0.445 e. The van der Waals surface area contributed by atoms with Gasteiger partial charge < -0.3 is 40.1 Å². The number of nitrogens with two attached hydrogens (primary N) is 1. The van der Waals surface area contributed by atoms with Gasteiger partial charge in [-0.05, 0) is 81.5 Å². The normalized spacial score (nSPS) is 19.9. The maximum absolute atomic E-state index is 14.6. The predicted molar refractivity (Wildman–Crippen MR) is 208 cm³/mol. The summed E-state index contributed by atoms with van der Waals surface area (Å²) in [6, 6.07) is 13.2. The fraction of sp³-hybridized carbons (Fsp3) is 0.571. The van der Waals surface area contributed by atoms with Gasteiger partial charge in [-0.25, -0.2) is 14.6 Å². The molecule has 3 heterocycles. The summed E-state index contributed by atoms with van der Waals surface area (Å²) in [4.78, 5) is 76.8. The van der Waals surface area contributed by atoms with Crippen LogP contribution in [0.5, 0.6) is 0 Å². The van der Waals surface area contributed by atoms with Crippen molar-refractivity contribution in [2.45, 2.75) is 121 Å². The van der Waals surface area contributed by atoms with Crippen LogP contribution in [-0.4, -0.2) is 95.0 Å². The van der Waals surface area contributed by atoms with Gasteiger partial charge in [0.2, 0.25) is 17.6 Å². The number of nitrogens with zero attached hydrogens (tertiary/aromatic N) is 3. The molecule has 1 aliphatic carbocycles. The Morgan fingerprint density at radius 1 is 0.857 bits per heavy atom. The molecule has 1 saturated carbocycles. The third-order valence-electron chi connectivity index (χ3n) is 11.2. The van der Waals surface area contributed by atoms with Gasteiger partial charge in [-0.1, -0.05) is 74.6 Å². The number of aromatic nitrogens is 1. The Labute approximate surface area is 328 Å². The summed E-state index contributed by atoms with van der Waals surface area (Å²) >= 11 is 0. The Morgan fingerprint density at radius 3 is 2.34 bits per heavy atom. The standard InChI is InChI=1S/C42H56N6O8/c43-23-11-10-19-33(37(49)39-45-32-18-8-9-20-36(32)56-39)44-38(50)35-26-31(55-42(53)47-24-12-3-13-25-47)27-48(35)40(51)34(22-21-29-14-4-1-5-15-29)46-41(52)54-28-30-16-6-2-7-17-30/h2,6-9,16-18,20,29,31,33-35H,1,3-5,10-15,19,21-28,43H2,(H,44,50)(H,46,52)/t31-,33+,34-,35+/m1/s1. The molecule has 4 amide bonds. The highest BCUT2D eigenvalue weighted by molar-refractivity contribution is 6.01. The summed E-state index contributed by atoms with van der Waals surface area (Å²) in [7, 11) is 0. The topological polar surface area (TPSA) is 186 Å². The van der Waals surface area contributed by atoms with E-state index in [2.05, 4.69) is 15.6 Å². The van der Waals surface area contributed by atoms with Gasteiger partial charge in [0.05, 0.1) is 12.6 Å². The van der Waals surface area contributed by atoms with E-state index in [1.165, 1.54) is 11.3 Å². The van der Waals surface area contributed by atoms with E-state index >= 15 is 0 Å². The monoisotopic (exact) mass is 772 g/mol. The van der Waals surface area contributed by atoms with Gasteiger partial charge in [0.25, 0.3) is 5.89 Å². The molecule has 14 nitrogen and oxygen atoms in total. The number of hydrogen-bond acceptors (Lipinski definition) is 10. The number of amides is 4. The molecule has 2 aromatic carbocycles. The SMILES string of the molecule is NCCCC[C@H](NC(=O)[C@@H]1C[C@@H](OC(=O)N2CCCCC2)CN1C(=O)[C@@H](CCC1CCCCC1)NC(=O)OCc1ccccc1)C(=O)c1nc2ccccc2o1. The first-order chi connectivity index (χ1) is 27.3. The number of Topliss-reactive ketones (excluding diaryl/α,β-unsaturated/α-hetero) is 1. The molecule has 2 saturated heterocycles. The summed E-state index contributed by atoms with van der Waals surface area (Å²) in [6.07, 6.45) is 8.90. The second-order valence-electron chi connectivity index (χ2n) is 15.3. The van der Waals surface area contributed by atoms with Crippen molar-refractivity contribution in [2.75, 3.05) is 26.2 Å². The molecule has 3 aromatic rings. The number of unbranched alkanes of at least 4 members (excludes halogenated alkanes) is 1. The van der Waals surface area contributed by atoms with E-state index in [0.29, 0.717) is 55.9 Å². The van der Waals surface area contributed by atoms with Crippen LogP contribution < -0.4 is 16.4 Å². The van der Waals surface area contributed by atoms with Crippen LogP contribution in [0, 0.1) is 5.92 Å². The molecule has 3 fully saturated rings. The van der Waals surface area contributed by atoms with Crippen molar-refractivity contribution >= 4 is 40.9 Å². The third-order valence-corrected chi connectivity index (χ3v) is 11.2. The number of alkyl carbamates (subject to hydrolysis) is 1. The van der Waals surface area contributed by atoms with Crippen molar-refractivity contribution in [2.24, 2.45) is 11.7 Å². The average Bonchev–Trinajstić information content (AvgIpc) is 3.87. The van der Waals surface area contributed by atoms with Gasteiger partial charge in [0.1, 0.15) is 30.3 Å². The summed E-state index contributed by atoms with van der Waals surface area (Å²) < 4.78 is 17.3. The second kappa shape index (κ2) is 20.3. The molecule has 0 spiro atoms. The van der Waals surface area contributed by atoms with Crippen molar-refractivity contribution < 1.29 is 37.9 Å². The van der Waals surface area contributed by atoms with E-state index in [0.717, 1.165) is 56.9 Å². The van der Waals surface area contributed by atoms with E-state index in [1.807, 2.05) is 30.3 Å². The summed E-state index contributed by atoms with van der Waals surface area (Å²) in [5.74, 6) is -1.25. The molecule has 3 aliphatic rings. The molecule has 4 N–H and O–H groups in total. The van der Waals surface area contributed by atoms with E-state index in [1.54, 1.807) is 29.2 Å². The highest BCUT2D eigenvalue weighted by Crippen LogP contribution is 2.30. The van der Waals surface area contributed by atoms with Gasteiger partial charge in [-0.3, -0.25) is 14.4 Å². The van der Waals surface area contributed by atoms with Gasteiger partial charge in [-0.15, -0.1) is 0 Å². The summed E-state index contributed by atoms with van der Waals surface area (Å²) in [6.45, 7) is 1.56. The Morgan fingerprint density at radius 2 is 1.59 bits per heavy atom. The summed E-state index contributed by atoms with van der Waals surface area (Å²) in [5, 5.41) is 5.71. The fourth-order valence-electron chi connectivity index (χ4n) is 8.07. The Balaban J connectivity index is 1.22. The number of likely N-dealkylation sites (tertiary alicyclic amines) is 2. The van der Waals surface area contributed by atoms with Crippen molar-refractivity contribution in [3.05, 3.63) is 66.1 Å². The smallest absolute Gasteiger partial charge is 0.410 e. The van der Waals surface area contributed by atoms with Crippen molar-refractivity contribution in [1.29, 1.82) is 0 Å². The first-order valence-electron chi connectivity index (χ1n) is 20.4. The van der Waals surface area contributed by atoms with E-state index in [4.69, 9.17) is 19.6 Å². The van der Waals surface area contributed by atoms with Gasteiger partial charge in [0.15, 0.2) is 5.58 Å². The fourth-order valence-corrected chi connectivity index (χ4v) is 8.07. The number of benzene rings is 2. The molecule has 1 aromatic heterocycles. The molecule has 6 rings (SSSR count). The predicted octanol–water partition coefficient (Wildman–Crippen LogP) is 5.87.